The molecule has 0 spiro atoms. The highest BCUT2D eigenvalue weighted by Crippen LogP contribution is 2.12. The molecule has 0 aliphatic carbocycles. The van der Waals surface area contributed by atoms with Gasteiger partial charge in [0.2, 0.25) is 0 Å². The molecule has 0 saturated heterocycles. The zero-order valence-electron chi connectivity index (χ0n) is 8.16. The van der Waals surface area contributed by atoms with Gasteiger partial charge in [0.15, 0.2) is 0 Å². The number of rotatable bonds is 3. The molecule has 5 heteroatoms. The number of carbonyl (C=O) groups excluding carboxylic acids is 1. The second-order valence-corrected chi connectivity index (χ2v) is 2.83. The summed E-state index contributed by atoms with van der Waals surface area (Å²) in [6, 6.07) is 8.42. The van der Waals surface area contributed by atoms with E-state index in [0.717, 1.165) is 0 Å². The van der Waals surface area contributed by atoms with Crippen LogP contribution in [0.4, 0.5) is 10.5 Å². The molecule has 0 atom stereocenters. The molecule has 0 unspecified atom stereocenters. The van der Waals surface area contributed by atoms with Crippen LogP contribution in [0, 0.1) is 11.3 Å². The molecule has 15 heavy (non-hydrogen) atoms. The van der Waals surface area contributed by atoms with Crippen molar-refractivity contribution < 1.29 is 4.79 Å². The molecule has 0 aromatic heterocycles. The van der Waals surface area contributed by atoms with Crippen molar-refractivity contribution in [2.75, 3.05) is 18.4 Å². The molecule has 0 bridgehead atoms. The lowest BCUT2D eigenvalue weighted by atomic mass is 10.2. The first-order valence-corrected chi connectivity index (χ1v) is 4.52. The van der Waals surface area contributed by atoms with Gasteiger partial charge in [0.25, 0.3) is 0 Å². The van der Waals surface area contributed by atoms with Crippen molar-refractivity contribution in [1.29, 1.82) is 5.26 Å². The Labute approximate surface area is 87.9 Å². The molecule has 1 aromatic rings. The fraction of sp³-hybridized carbons (Fsp3) is 0.200. The highest BCUT2D eigenvalue weighted by Gasteiger charge is 2.04. The zero-order valence-corrected chi connectivity index (χ0v) is 8.16. The highest BCUT2D eigenvalue weighted by molar-refractivity contribution is 5.90. The van der Waals surface area contributed by atoms with Crippen molar-refractivity contribution in [1.82, 2.24) is 5.32 Å². The van der Waals surface area contributed by atoms with E-state index < -0.39 is 0 Å². The van der Waals surface area contributed by atoms with Crippen molar-refractivity contribution in [2.24, 2.45) is 5.73 Å². The van der Waals surface area contributed by atoms with Gasteiger partial charge in [-0.25, -0.2) is 4.79 Å². The van der Waals surface area contributed by atoms with Crippen LogP contribution in [-0.2, 0) is 0 Å². The highest BCUT2D eigenvalue weighted by atomic mass is 16.2. The van der Waals surface area contributed by atoms with Crippen LogP contribution in [0.25, 0.3) is 0 Å². The van der Waals surface area contributed by atoms with Crippen LogP contribution in [0.5, 0.6) is 0 Å². The van der Waals surface area contributed by atoms with Crippen LogP contribution in [0.2, 0.25) is 0 Å². The van der Waals surface area contributed by atoms with Crippen molar-refractivity contribution >= 4 is 11.7 Å². The summed E-state index contributed by atoms with van der Waals surface area (Å²) in [6.07, 6.45) is 0. The van der Waals surface area contributed by atoms with Crippen molar-refractivity contribution in [3.8, 4) is 6.07 Å². The van der Waals surface area contributed by atoms with Gasteiger partial charge in [0, 0.05) is 13.1 Å². The standard InChI is InChI=1S/C10H12N4O/c11-5-6-13-10(15)14-9-4-2-1-3-8(9)7-12/h1-4H,5-6,11H2,(H2,13,14,15). The number of anilines is 1. The topological polar surface area (TPSA) is 90.9 Å². The number of benzene rings is 1. The Kier molecular flexibility index (Phi) is 4.13. The number of hydrogen-bond donors (Lipinski definition) is 3. The molecule has 0 saturated carbocycles. The van der Waals surface area contributed by atoms with Gasteiger partial charge in [-0.05, 0) is 12.1 Å². The molecule has 0 radical (unpaired) electrons. The van der Waals surface area contributed by atoms with Gasteiger partial charge in [-0.1, -0.05) is 12.1 Å². The maximum Gasteiger partial charge on any atom is 0.319 e. The molecule has 0 heterocycles. The summed E-state index contributed by atoms with van der Waals surface area (Å²) in [7, 11) is 0. The number of amides is 2. The summed E-state index contributed by atoms with van der Waals surface area (Å²) in [5.74, 6) is 0. The predicted molar refractivity (Wildman–Crippen MR) is 57.2 cm³/mol. The fourth-order valence-electron chi connectivity index (χ4n) is 1.04. The second-order valence-electron chi connectivity index (χ2n) is 2.83. The van der Waals surface area contributed by atoms with Crippen molar-refractivity contribution in [3.05, 3.63) is 29.8 Å². The Bertz CT molecular complexity index is 383. The number of para-hydroxylation sites is 1. The lowest BCUT2D eigenvalue weighted by Crippen LogP contribution is -2.33. The van der Waals surface area contributed by atoms with Gasteiger partial charge in [0.1, 0.15) is 6.07 Å². The number of nitrogens with two attached hydrogens (primary N) is 1. The van der Waals surface area contributed by atoms with E-state index in [2.05, 4.69) is 10.6 Å². The van der Waals surface area contributed by atoms with Crippen LogP contribution >= 0.6 is 0 Å². The van der Waals surface area contributed by atoms with E-state index >= 15 is 0 Å². The molecule has 4 N–H and O–H groups in total. The number of urea groups is 1. The molecule has 0 aliphatic rings. The van der Waals surface area contributed by atoms with Gasteiger partial charge in [-0.2, -0.15) is 5.26 Å². The fourth-order valence-corrected chi connectivity index (χ4v) is 1.04. The third kappa shape index (κ3) is 3.29. The molecule has 0 fully saturated rings. The Morgan fingerprint density at radius 3 is 2.87 bits per heavy atom. The number of hydrogen-bond acceptors (Lipinski definition) is 3. The normalized spacial score (nSPS) is 9.07. The average Bonchev–Trinajstić information content (AvgIpc) is 2.27. The average molecular weight is 204 g/mol. The minimum atomic E-state index is -0.358. The zero-order chi connectivity index (χ0) is 11.1. The van der Waals surface area contributed by atoms with E-state index in [1.54, 1.807) is 24.3 Å². The SMILES string of the molecule is N#Cc1ccccc1NC(=O)NCCN. The Balaban J connectivity index is 2.64. The molecular formula is C10H12N4O. The first-order valence-electron chi connectivity index (χ1n) is 4.52. The van der Waals surface area contributed by atoms with E-state index in [1.165, 1.54) is 0 Å². The van der Waals surface area contributed by atoms with Crippen LogP contribution < -0.4 is 16.4 Å². The summed E-state index contributed by atoms with van der Waals surface area (Å²) in [4.78, 5) is 11.3. The smallest absolute Gasteiger partial charge is 0.319 e. The van der Waals surface area contributed by atoms with Gasteiger partial charge in [-0.3, -0.25) is 0 Å². The third-order valence-corrected chi connectivity index (χ3v) is 1.73. The summed E-state index contributed by atoms with van der Waals surface area (Å²) in [6.45, 7) is 0.786. The number of carbonyl (C=O) groups is 1. The Morgan fingerprint density at radius 2 is 2.20 bits per heavy atom. The van der Waals surface area contributed by atoms with Crippen LogP contribution in [0.15, 0.2) is 24.3 Å². The quantitative estimate of drug-likeness (QED) is 0.674. The number of nitriles is 1. The third-order valence-electron chi connectivity index (χ3n) is 1.73. The molecule has 1 rings (SSSR count). The lowest BCUT2D eigenvalue weighted by molar-refractivity contribution is 0.252. The van der Waals surface area contributed by atoms with Gasteiger partial charge >= 0.3 is 6.03 Å². The lowest BCUT2D eigenvalue weighted by Gasteiger charge is -2.07. The van der Waals surface area contributed by atoms with Crippen molar-refractivity contribution in [2.45, 2.75) is 0 Å². The largest absolute Gasteiger partial charge is 0.337 e. The second kappa shape index (κ2) is 5.62. The molecule has 5 nitrogen and oxygen atoms in total. The number of nitrogens with zero attached hydrogens (tertiary/aromatic N) is 1. The maximum atomic E-state index is 11.3. The van der Waals surface area contributed by atoms with Crippen molar-refractivity contribution in [3.63, 3.8) is 0 Å². The van der Waals surface area contributed by atoms with Gasteiger partial charge < -0.3 is 16.4 Å². The molecule has 1 aromatic carbocycles. The summed E-state index contributed by atoms with van der Waals surface area (Å²) in [5.41, 5.74) is 6.16. The van der Waals surface area contributed by atoms with E-state index in [0.29, 0.717) is 24.3 Å². The molecule has 2 amide bonds. The van der Waals surface area contributed by atoms with E-state index in [4.69, 9.17) is 11.0 Å². The molecular weight excluding hydrogens is 192 g/mol. The Hall–Kier alpha value is -2.06. The minimum absolute atomic E-state index is 0.358. The molecule has 78 valence electrons. The van der Waals surface area contributed by atoms with Crippen LogP contribution in [-0.4, -0.2) is 19.1 Å². The minimum Gasteiger partial charge on any atom is -0.337 e. The van der Waals surface area contributed by atoms with Crippen LogP contribution in [0.1, 0.15) is 5.56 Å². The van der Waals surface area contributed by atoms with E-state index in [9.17, 15) is 4.79 Å². The summed E-state index contributed by atoms with van der Waals surface area (Å²) >= 11 is 0. The Morgan fingerprint density at radius 1 is 1.47 bits per heavy atom. The summed E-state index contributed by atoms with van der Waals surface area (Å²) < 4.78 is 0. The van der Waals surface area contributed by atoms with E-state index in [-0.39, 0.29) is 6.03 Å². The maximum absolute atomic E-state index is 11.3. The monoisotopic (exact) mass is 204 g/mol. The predicted octanol–water partition coefficient (Wildman–Crippen LogP) is 0.638. The first-order chi connectivity index (χ1) is 7.27. The van der Waals surface area contributed by atoms with E-state index in [1.807, 2.05) is 6.07 Å². The number of nitrogens with one attached hydrogen (secondary N) is 2. The summed E-state index contributed by atoms with van der Waals surface area (Å²) in [5, 5.41) is 13.9. The first kappa shape index (κ1) is 11.0. The van der Waals surface area contributed by atoms with Gasteiger partial charge in [-0.15, -0.1) is 0 Å². The molecule has 0 aliphatic heterocycles. The van der Waals surface area contributed by atoms with Crippen LogP contribution in [0.3, 0.4) is 0 Å². The van der Waals surface area contributed by atoms with Gasteiger partial charge in [0.05, 0.1) is 11.3 Å².